The van der Waals surface area contributed by atoms with Crippen molar-refractivity contribution in [3.05, 3.63) is 81.0 Å². The molecule has 0 radical (unpaired) electrons. The number of nitrogens with zero attached hydrogens (tertiary/aromatic N) is 2. The maximum atomic E-state index is 13.4. The van der Waals surface area contributed by atoms with E-state index >= 15 is 0 Å². The van der Waals surface area contributed by atoms with Crippen molar-refractivity contribution in [1.29, 1.82) is 0 Å². The molecule has 3 heterocycles. The Morgan fingerprint density at radius 2 is 1.83 bits per heavy atom. The molecule has 0 saturated heterocycles. The fourth-order valence-corrected chi connectivity index (χ4v) is 3.60. The first-order chi connectivity index (χ1) is 14.3. The number of hydrogen-bond donors (Lipinski definition) is 2. The second kappa shape index (κ2) is 7.75. The lowest BCUT2D eigenvalue weighted by molar-refractivity contribution is -0.137. The number of aromatic nitrogens is 3. The minimum atomic E-state index is -4.54. The quantitative estimate of drug-likeness (QED) is 0.442. The van der Waals surface area contributed by atoms with Gasteiger partial charge in [-0.1, -0.05) is 18.2 Å². The summed E-state index contributed by atoms with van der Waals surface area (Å²) >= 11 is 1.49. The van der Waals surface area contributed by atoms with Gasteiger partial charge < -0.3 is 10.3 Å². The van der Waals surface area contributed by atoms with Crippen LogP contribution in [0.4, 0.5) is 24.8 Å². The molecule has 0 atom stereocenters. The van der Waals surface area contributed by atoms with Crippen LogP contribution in [0.15, 0.2) is 64.9 Å². The first kappa shape index (κ1) is 19.8. The van der Waals surface area contributed by atoms with Crippen molar-refractivity contribution in [1.82, 2.24) is 15.0 Å². The number of thiazole rings is 1. The van der Waals surface area contributed by atoms with E-state index < -0.39 is 17.3 Å². The summed E-state index contributed by atoms with van der Waals surface area (Å²) in [6.07, 6.45) is -2.98. The topological polar surface area (TPSA) is 70.7 Å². The molecule has 5 nitrogen and oxygen atoms in total. The van der Waals surface area contributed by atoms with Gasteiger partial charge in [-0.15, -0.1) is 11.3 Å². The number of aryl methyl sites for hydroxylation is 1. The standard InChI is InChI=1S/C21H15F3N4OS/c1-12-26-19(11-30-12)28-18-9-13(6-7-25-18)14-8-17(27-20(29)10-14)15-4-2-3-5-16(15)21(22,23)24/h2-11H,1H3,(H,25,28)(H,27,29). The number of hydrogen-bond acceptors (Lipinski definition) is 5. The van der Waals surface area contributed by atoms with Gasteiger partial charge in [-0.05, 0) is 42.3 Å². The van der Waals surface area contributed by atoms with Gasteiger partial charge in [0.15, 0.2) is 0 Å². The van der Waals surface area contributed by atoms with Crippen molar-refractivity contribution >= 4 is 23.0 Å². The molecule has 3 aromatic heterocycles. The fraction of sp³-hybridized carbons (Fsp3) is 0.0952. The number of halogens is 3. The molecule has 0 spiro atoms. The molecule has 0 aliphatic heterocycles. The Morgan fingerprint density at radius 3 is 2.57 bits per heavy atom. The van der Waals surface area contributed by atoms with Crippen LogP contribution < -0.4 is 10.9 Å². The molecule has 4 aromatic rings. The van der Waals surface area contributed by atoms with Gasteiger partial charge in [0.05, 0.1) is 10.6 Å². The third-order valence-corrected chi connectivity index (χ3v) is 5.11. The van der Waals surface area contributed by atoms with Gasteiger partial charge in [0, 0.05) is 28.9 Å². The minimum absolute atomic E-state index is 0.0886. The van der Waals surface area contributed by atoms with Crippen LogP contribution in [0.1, 0.15) is 10.6 Å². The molecule has 0 saturated carbocycles. The Labute approximate surface area is 173 Å². The van der Waals surface area contributed by atoms with Crippen LogP contribution >= 0.6 is 11.3 Å². The molecule has 30 heavy (non-hydrogen) atoms. The maximum absolute atomic E-state index is 13.4. The van der Waals surface area contributed by atoms with Crippen molar-refractivity contribution in [2.45, 2.75) is 13.1 Å². The highest BCUT2D eigenvalue weighted by Crippen LogP contribution is 2.37. The summed E-state index contributed by atoms with van der Waals surface area (Å²) in [5.41, 5.74) is -0.196. The average Bonchev–Trinajstić information content (AvgIpc) is 3.11. The van der Waals surface area contributed by atoms with Gasteiger partial charge in [-0.2, -0.15) is 13.2 Å². The highest BCUT2D eigenvalue weighted by Gasteiger charge is 2.33. The molecular weight excluding hydrogens is 413 g/mol. The number of aromatic amines is 1. The monoisotopic (exact) mass is 428 g/mol. The lowest BCUT2D eigenvalue weighted by Crippen LogP contribution is -2.10. The van der Waals surface area contributed by atoms with Crippen LogP contribution in [-0.2, 0) is 6.18 Å². The molecule has 9 heteroatoms. The zero-order chi connectivity index (χ0) is 21.3. The third kappa shape index (κ3) is 4.25. The Morgan fingerprint density at radius 1 is 1.03 bits per heavy atom. The van der Waals surface area contributed by atoms with Gasteiger partial charge in [0.25, 0.3) is 0 Å². The summed E-state index contributed by atoms with van der Waals surface area (Å²) in [5, 5.41) is 5.83. The number of rotatable bonds is 4. The summed E-state index contributed by atoms with van der Waals surface area (Å²) in [5.74, 6) is 1.16. The van der Waals surface area contributed by atoms with E-state index in [0.717, 1.165) is 11.1 Å². The highest BCUT2D eigenvalue weighted by atomic mass is 32.1. The maximum Gasteiger partial charge on any atom is 0.417 e. The number of nitrogens with one attached hydrogen (secondary N) is 2. The van der Waals surface area contributed by atoms with Crippen LogP contribution in [-0.4, -0.2) is 15.0 Å². The molecule has 2 N–H and O–H groups in total. The zero-order valence-electron chi connectivity index (χ0n) is 15.6. The lowest BCUT2D eigenvalue weighted by atomic mass is 10.0. The summed E-state index contributed by atoms with van der Waals surface area (Å²) in [7, 11) is 0. The SMILES string of the molecule is Cc1nc(Nc2cc(-c3cc(-c4ccccc4C(F)(F)F)[nH]c(=O)c3)ccn2)cs1. The van der Waals surface area contributed by atoms with Crippen LogP contribution in [0, 0.1) is 6.92 Å². The molecule has 0 fully saturated rings. The number of benzene rings is 1. The third-order valence-electron chi connectivity index (χ3n) is 4.34. The number of H-pyrrole nitrogens is 1. The van der Waals surface area contributed by atoms with E-state index in [1.165, 1.54) is 41.7 Å². The average molecular weight is 428 g/mol. The molecule has 0 bridgehead atoms. The van der Waals surface area contributed by atoms with Gasteiger partial charge in [-0.3, -0.25) is 4.79 Å². The first-order valence-corrected chi connectivity index (χ1v) is 9.74. The second-order valence-corrected chi connectivity index (χ2v) is 7.56. The Bertz CT molecular complexity index is 1260. The summed E-state index contributed by atoms with van der Waals surface area (Å²) < 4.78 is 40.2. The smallest absolute Gasteiger partial charge is 0.324 e. The van der Waals surface area contributed by atoms with Gasteiger partial charge >= 0.3 is 6.18 Å². The largest absolute Gasteiger partial charge is 0.417 e. The molecule has 4 rings (SSSR count). The van der Waals surface area contributed by atoms with Crippen molar-refractivity contribution in [3.8, 4) is 22.4 Å². The Kier molecular flexibility index (Phi) is 5.13. The minimum Gasteiger partial charge on any atom is -0.324 e. The van der Waals surface area contributed by atoms with Crippen LogP contribution in [0.5, 0.6) is 0 Å². The van der Waals surface area contributed by atoms with Crippen LogP contribution in [0.25, 0.3) is 22.4 Å². The summed E-state index contributed by atoms with van der Waals surface area (Å²) in [6, 6.07) is 11.4. The zero-order valence-corrected chi connectivity index (χ0v) is 16.4. The highest BCUT2D eigenvalue weighted by molar-refractivity contribution is 7.09. The van der Waals surface area contributed by atoms with E-state index in [4.69, 9.17) is 0 Å². The van der Waals surface area contributed by atoms with Crippen LogP contribution in [0.2, 0.25) is 0 Å². The van der Waals surface area contributed by atoms with Crippen molar-refractivity contribution < 1.29 is 13.2 Å². The summed E-state index contributed by atoms with van der Waals surface area (Å²) in [6.45, 7) is 1.89. The summed E-state index contributed by atoms with van der Waals surface area (Å²) in [4.78, 5) is 23.3. The van der Waals surface area contributed by atoms with E-state index in [1.54, 1.807) is 18.3 Å². The number of anilines is 2. The van der Waals surface area contributed by atoms with Gasteiger partial charge in [0.2, 0.25) is 5.56 Å². The van der Waals surface area contributed by atoms with E-state index in [0.29, 0.717) is 22.8 Å². The van der Waals surface area contributed by atoms with E-state index in [9.17, 15) is 18.0 Å². The molecule has 0 aliphatic carbocycles. The van der Waals surface area contributed by atoms with E-state index in [-0.39, 0.29) is 11.3 Å². The van der Waals surface area contributed by atoms with Crippen molar-refractivity contribution in [3.63, 3.8) is 0 Å². The number of alkyl halides is 3. The Hall–Kier alpha value is -3.46. The predicted molar refractivity (Wildman–Crippen MR) is 111 cm³/mol. The Balaban J connectivity index is 1.75. The van der Waals surface area contributed by atoms with Crippen molar-refractivity contribution in [2.75, 3.05) is 5.32 Å². The predicted octanol–water partition coefficient (Wildman–Crippen LogP) is 5.63. The van der Waals surface area contributed by atoms with Gasteiger partial charge in [-0.25, -0.2) is 9.97 Å². The molecule has 1 aromatic carbocycles. The van der Waals surface area contributed by atoms with Crippen molar-refractivity contribution in [2.24, 2.45) is 0 Å². The fourth-order valence-electron chi connectivity index (χ4n) is 3.05. The van der Waals surface area contributed by atoms with E-state index in [2.05, 4.69) is 20.3 Å². The van der Waals surface area contributed by atoms with Crippen LogP contribution in [0.3, 0.4) is 0 Å². The van der Waals surface area contributed by atoms with Gasteiger partial charge in [0.1, 0.15) is 11.6 Å². The number of pyridine rings is 2. The molecule has 0 unspecified atom stereocenters. The second-order valence-electron chi connectivity index (χ2n) is 6.50. The molecule has 0 aliphatic rings. The molecule has 0 amide bonds. The first-order valence-electron chi connectivity index (χ1n) is 8.86. The lowest BCUT2D eigenvalue weighted by Gasteiger charge is -2.13. The molecular formula is C21H15F3N4OS. The van der Waals surface area contributed by atoms with E-state index in [1.807, 2.05) is 12.3 Å². The molecule has 152 valence electrons. The normalized spacial score (nSPS) is 11.5.